The molecule has 4 heterocycles. The van der Waals surface area contributed by atoms with Crippen molar-refractivity contribution in [2.75, 3.05) is 19.8 Å². The van der Waals surface area contributed by atoms with E-state index in [1.54, 1.807) is 0 Å². The molecule has 0 radical (unpaired) electrons. The second-order valence-electron chi connectivity index (χ2n) is 25.1. The van der Waals surface area contributed by atoms with Crippen molar-refractivity contribution in [2.45, 2.75) is 164 Å². The number of rotatable bonds is 33. The third kappa shape index (κ3) is 19.3. The Morgan fingerprint density at radius 2 is 0.960 bits per heavy atom. The lowest BCUT2D eigenvalue weighted by molar-refractivity contribution is -0.410. The molecule has 0 aliphatic carbocycles. The topological polar surface area (TPSA) is 244 Å². The third-order valence-corrected chi connectivity index (χ3v) is 17.8. The number of esters is 1. The second-order valence-corrected chi connectivity index (χ2v) is 25.1. The van der Waals surface area contributed by atoms with Gasteiger partial charge in [-0.3, -0.25) is 4.79 Å². The smallest absolute Gasteiger partial charge is 0.367 e. The molecule has 21 heteroatoms. The molecule has 2 N–H and O–H groups in total. The van der Waals surface area contributed by atoms with Crippen molar-refractivity contribution in [3.05, 3.63) is 298 Å². The molecule has 522 valence electrons. The summed E-state index contributed by atoms with van der Waals surface area (Å²) in [6, 6.07) is 74.0. The van der Waals surface area contributed by atoms with E-state index in [0.717, 1.165) is 44.5 Å². The number of fused-ring (bicyclic) bond motifs is 1. The number of azide groups is 1. The van der Waals surface area contributed by atoms with Crippen LogP contribution in [-0.2, 0) is 129 Å². The second kappa shape index (κ2) is 36.2. The maximum atomic E-state index is 16.1. The van der Waals surface area contributed by atoms with Gasteiger partial charge in [-0.25, -0.2) is 4.79 Å². The van der Waals surface area contributed by atoms with Gasteiger partial charge in [-0.05, 0) is 50.0 Å². The summed E-state index contributed by atoms with van der Waals surface area (Å²) in [6.45, 7) is 1.61. The molecular formula is C79H84N4O17. The van der Waals surface area contributed by atoms with Crippen LogP contribution in [0.4, 0.5) is 0 Å². The average Bonchev–Trinajstić information content (AvgIpc) is 0.725. The first kappa shape index (κ1) is 71.3. The number of amides is 1. The van der Waals surface area contributed by atoms with Crippen molar-refractivity contribution in [1.82, 2.24) is 5.32 Å². The summed E-state index contributed by atoms with van der Waals surface area (Å²) >= 11 is 0. The minimum atomic E-state index is -2.39. The summed E-state index contributed by atoms with van der Waals surface area (Å²) in [5, 5.41) is 19.1. The summed E-state index contributed by atoms with van der Waals surface area (Å²) in [5.41, 5.74) is 16.8. The van der Waals surface area contributed by atoms with Crippen LogP contribution in [0.3, 0.4) is 0 Å². The van der Waals surface area contributed by atoms with Gasteiger partial charge >= 0.3 is 5.97 Å². The molecule has 0 aromatic heterocycles. The summed E-state index contributed by atoms with van der Waals surface area (Å²) in [6.07, 6.45) is -16.9. The molecule has 4 aliphatic rings. The molecule has 0 bridgehead atoms. The van der Waals surface area contributed by atoms with E-state index in [2.05, 4.69) is 15.3 Å². The lowest BCUT2D eigenvalue weighted by Gasteiger charge is -2.56. The molecule has 100 heavy (non-hydrogen) atoms. The fourth-order valence-electron chi connectivity index (χ4n) is 12.9. The predicted molar refractivity (Wildman–Crippen MR) is 365 cm³/mol. The van der Waals surface area contributed by atoms with Crippen LogP contribution >= 0.6 is 0 Å². The highest BCUT2D eigenvalue weighted by Gasteiger charge is 2.66. The number of aliphatic hydroxyl groups excluding tert-OH is 1. The number of ether oxygens (including phenoxy) is 14. The Bertz CT molecular complexity index is 3790. The van der Waals surface area contributed by atoms with E-state index in [1.807, 2.05) is 243 Å². The van der Waals surface area contributed by atoms with E-state index in [-0.39, 0.29) is 79.1 Å². The number of hydrogen-bond donors (Lipinski definition) is 2. The quantitative estimate of drug-likeness (QED) is 0.0168. The van der Waals surface area contributed by atoms with Crippen molar-refractivity contribution in [3.63, 3.8) is 0 Å². The highest BCUT2D eigenvalue weighted by Crippen LogP contribution is 2.46. The maximum absolute atomic E-state index is 16.1. The molecule has 4 saturated heterocycles. The molecule has 12 rings (SSSR count). The normalized spacial score (nSPS) is 26.3. The fraction of sp³-hybridized carbons (Fsp3) is 0.367. The van der Waals surface area contributed by atoms with Gasteiger partial charge in [0.2, 0.25) is 5.91 Å². The zero-order valence-electron chi connectivity index (χ0n) is 55.6. The van der Waals surface area contributed by atoms with Crippen molar-refractivity contribution in [3.8, 4) is 0 Å². The first-order valence-corrected chi connectivity index (χ1v) is 33.8. The van der Waals surface area contributed by atoms with Crippen LogP contribution in [0.25, 0.3) is 10.4 Å². The number of carbonyl (C=O) groups excluding carboxylic acids is 2. The minimum absolute atomic E-state index is 0.00627. The average molecular weight is 1360 g/mol. The fourth-order valence-corrected chi connectivity index (χ4v) is 12.9. The van der Waals surface area contributed by atoms with Crippen LogP contribution in [0.1, 0.15) is 57.9 Å². The lowest BCUT2D eigenvalue weighted by Crippen LogP contribution is -2.75. The zero-order valence-corrected chi connectivity index (χ0v) is 55.6. The zero-order chi connectivity index (χ0) is 68.7. The van der Waals surface area contributed by atoms with Crippen LogP contribution in [0, 0.1) is 0 Å². The lowest BCUT2D eigenvalue weighted by atomic mass is 9.86. The Morgan fingerprint density at radius 3 is 1.44 bits per heavy atom. The van der Waals surface area contributed by atoms with Crippen LogP contribution in [0.5, 0.6) is 0 Å². The number of nitrogens with zero attached hydrogens (tertiary/aromatic N) is 3. The number of benzene rings is 8. The molecule has 0 saturated carbocycles. The molecule has 1 unspecified atom stereocenters. The molecule has 21 nitrogen and oxygen atoms in total. The van der Waals surface area contributed by atoms with Crippen molar-refractivity contribution in [1.29, 1.82) is 0 Å². The number of aliphatic hydroxyl groups is 1. The van der Waals surface area contributed by atoms with Gasteiger partial charge in [-0.1, -0.05) is 248 Å². The number of nitrogens with one attached hydrogen (secondary N) is 1. The monoisotopic (exact) mass is 1360 g/mol. The van der Waals surface area contributed by atoms with Gasteiger partial charge in [0.25, 0.3) is 5.79 Å². The molecular weight excluding hydrogens is 1280 g/mol. The van der Waals surface area contributed by atoms with E-state index in [4.69, 9.17) is 66.3 Å². The van der Waals surface area contributed by atoms with E-state index >= 15 is 4.79 Å². The molecule has 1 amide bonds. The van der Waals surface area contributed by atoms with Crippen molar-refractivity contribution < 1.29 is 81.0 Å². The van der Waals surface area contributed by atoms with Gasteiger partial charge in [-0.2, -0.15) is 0 Å². The van der Waals surface area contributed by atoms with Gasteiger partial charge in [0.15, 0.2) is 18.7 Å². The van der Waals surface area contributed by atoms with Gasteiger partial charge in [0.05, 0.1) is 84.8 Å². The van der Waals surface area contributed by atoms with Crippen molar-refractivity contribution >= 4 is 11.9 Å². The number of hydrogen-bond acceptors (Lipinski definition) is 18. The molecule has 4 aliphatic heterocycles. The van der Waals surface area contributed by atoms with Gasteiger partial charge in [0.1, 0.15) is 61.0 Å². The van der Waals surface area contributed by atoms with Crippen LogP contribution in [-0.4, -0.2) is 134 Å². The largest absolute Gasteiger partial charge is 0.453 e. The standard InChI is InChI=1S/C79H84N4O17/c1-54(84)81-67-63(90-46-58-32-16-5-17-33-58)42-79(99-73(67)69(92-48-60-36-20-7-21-37-60)64(91-47-59-34-18-6-19-35-59)51-87-43-55-26-10-2-11-27-55)78(86)98-71-66(53-89-45-57-30-14-4-15-31-57)96-77(75(74(71)100-79)94-50-62-40-24-9-25-41-62)97-70-65(52-88-44-56-28-12-3-13-29-56)95-76(85)68(82-83-80)72(70)93-49-61-38-22-8-23-39-61/h2-41,63-77,85H,42-53H2,1H3,(H,81,84)/t63-,64+,65+,66+,67+,68+,69+,70+,71-,72+,73+,74-,75+,76?,77-,79-/m0/s1. The highest BCUT2D eigenvalue weighted by molar-refractivity contribution is 5.79. The van der Waals surface area contributed by atoms with E-state index in [0.29, 0.717) is 0 Å². The Labute approximate surface area is 582 Å². The first-order chi connectivity index (χ1) is 49.1. The van der Waals surface area contributed by atoms with Crippen LogP contribution < -0.4 is 5.32 Å². The Hall–Kier alpha value is -8.55. The molecule has 8 aromatic carbocycles. The third-order valence-electron chi connectivity index (χ3n) is 17.8. The van der Waals surface area contributed by atoms with Gasteiger partial charge < -0.3 is 76.7 Å². The predicted octanol–water partition coefficient (Wildman–Crippen LogP) is 11.4. The summed E-state index contributed by atoms with van der Waals surface area (Å²) in [4.78, 5) is 33.2. The Kier molecular flexibility index (Phi) is 25.8. The van der Waals surface area contributed by atoms with Crippen LogP contribution in [0.2, 0.25) is 0 Å². The van der Waals surface area contributed by atoms with E-state index in [1.165, 1.54) is 6.92 Å². The van der Waals surface area contributed by atoms with Crippen LogP contribution in [0.15, 0.2) is 248 Å². The SMILES string of the molecule is CC(=O)N[C@H]1[C@H]([C@H](OCc2ccccc2)[C@@H](COCc2ccccc2)OCc2ccccc2)O[C@@]2(C[C@@H]1OCc1ccccc1)O[C@H]1[C@@H](OC2=O)[C@@H](COCc2ccccc2)O[C@@H](O[C@H]2[C@H](OCc3ccccc3)[C@@H](N=[N+]=[N-])C(O)O[C@@H]2COCc2ccccc2)[C@@H]1OCc1ccccc1. The molecule has 1 spiro atoms. The summed E-state index contributed by atoms with van der Waals surface area (Å²) in [5.74, 6) is -3.75. The highest BCUT2D eigenvalue weighted by atomic mass is 16.8. The molecule has 16 atom stereocenters. The minimum Gasteiger partial charge on any atom is -0.453 e. The summed E-state index contributed by atoms with van der Waals surface area (Å²) in [7, 11) is 0. The maximum Gasteiger partial charge on any atom is 0.367 e. The van der Waals surface area contributed by atoms with E-state index < -0.39 is 109 Å². The molecule has 4 fully saturated rings. The van der Waals surface area contributed by atoms with E-state index in [9.17, 15) is 15.4 Å². The first-order valence-electron chi connectivity index (χ1n) is 33.8. The summed E-state index contributed by atoms with van der Waals surface area (Å²) < 4.78 is 97.4. The Balaban J connectivity index is 0.972. The Morgan fingerprint density at radius 1 is 0.530 bits per heavy atom. The molecule has 8 aromatic rings. The van der Waals surface area contributed by atoms with Gasteiger partial charge in [0, 0.05) is 18.3 Å². The van der Waals surface area contributed by atoms with Crippen molar-refractivity contribution in [2.24, 2.45) is 5.11 Å². The number of carbonyl (C=O) groups is 2. The van der Waals surface area contributed by atoms with Gasteiger partial charge in [-0.15, -0.1) is 0 Å².